The molecule has 1 aromatic rings. The minimum Gasteiger partial charge on any atom is -0.492 e. The maximum Gasteiger partial charge on any atom is 0.119 e. The van der Waals surface area contributed by atoms with Crippen molar-refractivity contribution in [1.29, 1.82) is 0 Å². The Kier molecular flexibility index (Phi) is 6.99. The van der Waals surface area contributed by atoms with E-state index in [1.165, 1.54) is 5.56 Å². The Morgan fingerprint density at radius 3 is 2.40 bits per heavy atom. The second-order valence-corrected chi connectivity index (χ2v) is 5.69. The van der Waals surface area contributed by atoms with Gasteiger partial charge in [-0.2, -0.15) is 0 Å². The van der Waals surface area contributed by atoms with E-state index in [4.69, 9.17) is 9.47 Å². The molecule has 0 heterocycles. The fraction of sp³-hybridized carbons (Fsp3) is 0.625. The van der Waals surface area contributed by atoms with Gasteiger partial charge in [-0.15, -0.1) is 0 Å². The zero-order chi connectivity index (χ0) is 15.0. The van der Waals surface area contributed by atoms with Crippen LogP contribution in [-0.2, 0) is 11.2 Å². The van der Waals surface area contributed by atoms with Crippen LogP contribution in [0.1, 0.15) is 26.3 Å². The number of benzene rings is 1. The van der Waals surface area contributed by atoms with Crippen molar-refractivity contribution in [2.45, 2.75) is 38.8 Å². The van der Waals surface area contributed by atoms with Gasteiger partial charge in [-0.25, -0.2) is 0 Å². The smallest absolute Gasteiger partial charge is 0.119 e. The van der Waals surface area contributed by atoms with Gasteiger partial charge in [0, 0.05) is 13.2 Å². The summed E-state index contributed by atoms with van der Waals surface area (Å²) >= 11 is 0. The molecule has 0 aliphatic carbocycles. The number of aliphatic hydroxyl groups excluding tert-OH is 1. The molecule has 20 heavy (non-hydrogen) atoms. The fourth-order valence-corrected chi connectivity index (χ4v) is 2.04. The zero-order valence-corrected chi connectivity index (χ0v) is 13.0. The van der Waals surface area contributed by atoms with E-state index in [1.807, 2.05) is 31.2 Å². The van der Waals surface area contributed by atoms with E-state index in [2.05, 4.69) is 19.2 Å². The number of ether oxygens (including phenoxy) is 2. The Morgan fingerprint density at radius 1 is 1.25 bits per heavy atom. The summed E-state index contributed by atoms with van der Waals surface area (Å²) in [5.74, 6) is 0.816. The highest BCUT2D eigenvalue weighted by Crippen LogP contribution is 2.15. The van der Waals surface area contributed by atoms with Crippen molar-refractivity contribution in [3.63, 3.8) is 0 Å². The molecule has 1 rings (SSSR count). The Morgan fingerprint density at radius 2 is 1.90 bits per heavy atom. The third-order valence-corrected chi connectivity index (χ3v) is 3.06. The molecule has 0 aliphatic rings. The number of nitrogens with one attached hydrogen (secondary N) is 1. The van der Waals surface area contributed by atoms with E-state index >= 15 is 0 Å². The van der Waals surface area contributed by atoms with Crippen LogP contribution in [0.4, 0.5) is 0 Å². The second kappa shape index (κ2) is 8.25. The largest absolute Gasteiger partial charge is 0.492 e. The molecule has 0 aromatic heterocycles. The second-order valence-electron chi connectivity index (χ2n) is 5.69. The summed E-state index contributed by atoms with van der Waals surface area (Å²) in [6.07, 6.45) is 0.903. The molecule has 4 heteroatoms. The van der Waals surface area contributed by atoms with Crippen molar-refractivity contribution >= 4 is 0 Å². The van der Waals surface area contributed by atoms with Crippen LogP contribution in [0.3, 0.4) is 0 Å². The first kappa shape index (κ1) is 17.0. The van der Waals surface area contributed by atoms with Gasteiger partial charge in [0.05, 0.1) is 18.8 Å². The first-order valence-electron chi connectivity index (χ1n) is 7.08. The first-order chi connectivity index (χ1) is 9.49. The average molecular weight is 281 g/mol. The molecular formula is C16H27NO3. The zero-order valence-electron chi connectivity index (χ0n) is 13.0. The number of hydrogen-bond donors (Lipinski definition) is 2. The fourth-order valence-electron chi connectivity index (χ4n) is 2.04. The quantitative estimate of drug-likeness (QED) is 0.727. The van der Waals surface area contributed by atoms with E-state index in [-0.39, 0.29) is 6.61 Å². The molecule has 1 unspecified atom stereocenters. The minimum absolute atomic E-state index is 0.0388. The molecule has 0 radical (unpaired) electrons. The van der Waals surface area contributed by atoms with Gasteiger partial charge in [0.1, 0.15) is 12.4 Å². The van der Waals surface area contributed by atoms with Crippen molar-refractivity contribution in [2.24, 2.45) is 0 Å². The molecule has 4 nitrogen and oxygen atoms in total. The third kappa shape index (κ3) is 5.90. The molecule has 0 aliphatic heterocycles. The lowest BCUT2D eigenvalue weighted by Crippen LogP contribution is -2.53. The summed E-state index contributed by atoms with van der Waals surface area (Å²) in [4.78, 5) is 0. The van der Waals surface area contributed by atoms with Crippen molar-refractivity contribution in [3.05, 3.63) is 29.8 Å². The van der Waals surface area contributed by atoms with Gasteiger partial charge < -0.3 is 19.9 Å². The van der Waals surface area contributed by atoms with Crippen LogP contribution in [0.25, 0.3) is 0 Å². The summed E-state index contributed by atoms with van der Waals surface area (Å²) < 4.78 is 10.8. The van der Waals surface area contributed by atoms with E-state index in [1.54, 1.807) is 7.11 Å². The molecule has 0 saturated carbocycles. The molecule has 0 saturated heterocycles. The average Bonchev–Trinajstić information content (AvgIpc) is 2.43. The highest BCUT2D eigenvalue weighted by atomic mass is 16.5. The van der Waals surface area contributed by atoms with Crippen LogP contribution in [0, 0.1) is 0 Å². The van der Waals surface area contributed by atoms with Gasteiger partial charge in [-0.05, 0) is 31.0 Å². The molecule has 0 spiro atoms. The van der Waals surface area contributed by atoms with Crippen LogP contribution in [-0.4, -0.2) is 43.6 Å². The Hall–Kier alpha value is -1.10. The maximum absolute atomic E-state index is 9.50. The predicted molar refractivity (Wildman–Crippen MR) is 81.3 cm³/mol. The van der Waals surface area contributed by atoms with E-state index in [0.29, 0.717) is 12.6 Å². The Balaban J connectivity index is 2.51. The van der Waals surface area contributed by atoms with Gasteiger partial charge >= 0.3 is 0 Å². The number of aliphatic hydroxyl groups is 1. The van der Waals surface area contributed by atoms with Gasteiger partial charge in [-0.3, -0.25) is 0 Å². The molecular weight excluding hydrogens is 254 g/mol. The Bertz CT molecular complexity index is 378. The lowest BCUT2D eigenvalue weighted by Gasteiger charge is -2.30. The van der Waals surface area contributed by atoms with Crippen molar-refractivity contribution < 1.29 is 14.6 Å². The normalized spacial score (nSPS) is 14.3. The van der Waals surface area contributed by atoms with Gasteiger partial charge in [0.2, 0.25) is 0 Å². The first-order valence-corrected chi connectivity index (χ1v) is 7.08. The highest BCUT2D eigenvalue weighted by Gasteiger charge is 2.24. The third-order valence-electron chi connectivity index (χ3n) is 3.06. The molecule has 1 aromatic carbocycles. The summed E-state index contributed by atoms with van der Waals surface area (Å²) in [5, 5.41) is 12.8. The van der Waals surface area contributed by atoms with Crippen LogP contribution in [0.15, 0.2) is 24.3 Å². The van der Waals surface area contributed by atoms with Crippen LogP contribution < -0.4 is 10.1 Å². The monoisotopic (exact) mass is 281 g/mol. The predicted octanol–water partition coefficient (Wildman–Crippen LogP) is 2.00. The molecule has 1 atom stereocenters. The van der Waals surface area contributed by atoms with E-state index in [0.717, 1.165) is 18.8 Å². The van der Waals surface area contributed by atoms with E-state index < -0.39 is 5.54 Å². The van der Waals surface area contributed by atoms with Crippen molar-refractivity contribution in [2.75, 3.05) is 26.9 Å². The lowest BCUT2D eigenvalue weighted by molar-refractivity contribution is 0.109. The van der Waals surface area contributed by atoms with Gasteiger partial charge in [0.15, 0.2) is 0 Å². The maximum atomic E-state index is 9.50. The van der Waals surface area contributed by atoms with Crippen molar-refractivity contribution in [1.82, 2.24) is 5.32 Å². The highest BCUT2D eigenvalue weighted by molar-refractivity contribution is 5.27. The minimum atomic E-state index is -0.428. The summed E-state index contributed by atoms with van der Waals surface area (Å²) in [6.45, 7) is 7.26. The molecule has 2 N–H and O–H groups in total. The number of methoxy groups -OCH3 is 1. The van der Waals surface area contributed by atoms with Gasteiger partial charge in [-0.1, -0.05) is 26.0 Å². The topological polar surface area (TPSA) is 50.7 Å². The van der Waals surface area contributed by atoms with Crippen molar-refractivity contribution in [3.8, 4) is 5.75 Å². The summed E-state index contributed by atoms with van der Waals surface area (Å²) in [7, 11) is 1.70. The lowest BCUT2D eigenvalue weighted by atomic mass is 10.0. The standard InChI is InChI=1S/C16H27NO3/c1-13(2)17-16(3,11-18)12-20-15-7-5-14(6-8-15)9-10-19-4/h5-8,13,17-18H,9-12H2,1-4H3. The van der Waals surface area contributed by atoms with Crippen LogP contribution in [0.5, 0.6) is 5.75 Å². The SMILES string of the molecule is COCCc1ccc(OCC(C)(CO)NC(C)C)cc1. The molecule has 0 amide bonds. The molecule has 0 bridgehead atoms. The number of hydrogen-bond acceptors (Lipinski definition) is 4. The van der Waals surface area contributed by atoms with Crippen LogP contribution >= 0.6 is 0 Å². The van der Waals surface area contributed by atoms with Gasteiger partial charge in [0.25, 0.3) is 0 Å². The number of rotatable bonds is 9. The van der Waals surface area contributed by atoms with Crippen LogP contribution in [0.2, 0.25) is 0 Å². The van der Waals surface area contributed by atoms with E-state index in [9.17, 15) is 5.11 Å². The Labute approximate surface area is 122 Å². The molecule has 0 fully saturated rings. The molecule has 114 valence electrons. The summed E-state index contributed by atoms with van der Waals surface area (Å²) in [6, 6.07) is 8.30. The summed E-state index contributed by atoms with van der Waals surface area (Å²) in [5.41, 5.74) is 0.799.